The minimum Gasteiger partial charge on any atom is -0.491 e. The number of rotatable bonds is 8. The molecule has 0 spiro atoms. The average molecular weight is 263 g/mol. The molecule has 1 aromatic carbocycles. The van der Waals surface area contributed by atoms with Crippen LogP contribution in [0.25, 0.3) is 0 Å². The van der Waals surface area contributed by atoms with Crippen molar-refractivity contribution >= 4 is 11.6 Å². The molecule has 19 heavy (non-hydrogen) atoms. The maximum Gasteiger partial charge on any atom is 0.223 e. The third-order valence-corrected chi connectivity index (χ3v) is 3.11. The molecule has 0 bridgehead atoms. The van der Waals surface area contributed by atoms with Gasteiger partial charge in [-0.2, -0.15) is 0 Å². The van der Waals surface area contributed by atoms with Crippen LogP contribution in [0.2, 0.25) is 0 Å². The van der Waals surface area contributed by atoms with Crippen molar-refractivity contribution in [3.63, 3.8) is 0 Å². The van der Waals surface area contributed by atoms with Gasteiger partial charge in [-0.15, -0.1) is 0 Å². The number of para-hydroxylation sites is 2. The van der Waals surface area contributed by atoms with Crippen LogP contribution in [0.4, 0.5) is 5.69 Å². The standard InChI is InChI=1S/C16H25NO2/c1-4-6-7-10-13-19-16-12-9-8-11-15(16)17(5-2)14(3)18/h8-9,11-12H,4-7,10,13H2,1-3H3. The summed E-state index contributed by atoms with van der Waals surface area (Å²) in [6, 6.07) is 7.75. The molecule has 1 aromatic rings. The van der Waals surface area contributed by atoms with Crippen LogP contribution in [0.3, 0.4) is 0 Å². The van der Waals surface area contributed by atoms with E-state index < -0.39 is 0 Å². The number of hydrogen-bond acceptors (Lipinski definition) is 2. The van der Waals surface area contributed by atoms with E-state index in [1.807, 2.05) is 31.2 Å². The zero-order valence-electron chi connectivity index (χ0n) is 12.3. The van der Waals surface area contributed by atoms with Crippen molar-refractivity contribution in [2.45, 2.75) is 46.5 Å². The van der Waals surface area contributed by atoms with Crippen LogP contribution in [0, 0.1) is 0 Å². The first-order chi connectivity index (χ1) is 9.20. The summed E-state index contributed by atoms with van der Waals surface area (Å²) >= 11 is 0. The maximum absolute atomic E-state index is 11.6. The van der Waals surface area contributed by atoms with Crippen LogP contribution in [-0.4, -0.2) is 19.1 Å². The normalized spacial score (nSPS) is 10.3. The minimum absolute atomic E-state index is 0.0459. The molecule has 0 fully saturated rings. The van der Waals surface area contributed by atoms with Gasteiger partial charge in [0.2, 0.25) is 5.91 Å². The Morgan fingerprint density at radius 3 is 2.53 bits per heavy atom. The van der Waals surface area contributed by atoms with E-state index in [-0.39, 0.29) is 5.91 Å². The molecule has 0 unspecified atom stereocenters. The Hall–Kier alpha value is -1.51. The number of benzene rings is 1. The fourth-order valence-corrected chi connectivity index (χ4v) is 2.08. The second kappa shape index (κ2) is 8.57. The Morgan fingerprint density at radius 2 is 1.89 bits per heavy atom. The average Bonchev–Trinajstić information content (AvgIpc) is 2.40. The second-order valence-electron chi connectivity index (χ2n) is 4.64. The van der Waals surface area contributed by atoms with Crippen molar-refractivity contribution in [1.82, 2.24) is 0 Å². The molecule has 1 rings (SSSR count). The Morgan fingerprint density at radius 1 is 1.16 bits per heavy atom. The predicted octanol–water partition coefficient (Wildman–Crippen LogP) is 4.02. The van der Waals surface area contributed by atoms with E-state index in [1.54, 1.807) is 11.8 Å². The van der Waals surface area contributed by atoms with Crippen molar-refractivity contribution in [3.05, 3.63) is 24.3 Å². The number of amides is 1. The summed E-state index contributed by atoms with van der Waals surface area (Å²) in [7, 11) is 0. The van der Waals surface area contributed by atoms with Gasteiger partial charge in [-0.3, -0.25) is 4.79 Å². The van der Waals surface area contributed by atoms with Gasteiger partial charge in [-0.05, 0) is 25.5 Å². The third-order valence-electron chi connectivity index (χ3n) is 3.11. The molecule has 0 aliphatic heterocycles. The number of nitrogens with zero attached hydrogens (tertiary/aromatic N) is 1. The lowest BCUT2D eigenvalue weighted by molar-refractivity contribution is -0.116. The van der Waals surface area contributed by atoms with Crippen LogP contribution < -0.4 is 9.64 Å². The second-order valence-corrected chi connectivity index (χ2v) is 4.64. The molecule has 0 atom stereocenters. The van der Waals surface area contributed by atoms with Gasteiger partial charge in [-0.1, -0.05) is 38.3 Å². The number of carbonyl (C=O) groups is 1. The van der Waals surface area contributed by atoms with E-state index in [9.17, 15) is 4.79 Å². The van der Waals surface area contributed by atoms with Crippen molar-refractivity contribution in [2.75, 3.05) is 18.1 Å². The first-order valence-electron chi connectivity index (χ1n) is 7.20. The number of anilines is 1. The molecular weight excluding hydrogens is 238 g/mol. The van der Waals surface area contributed by atoms with Crippen molar-refractivity contribution in [3.8, 4) is 5.75 Å². The van der Waals surface area contributed by atoms with Crippen molar-refractivity contribution in [1.29, 1.82) is 0 Å². The highest BCUT2D eigenvalue weighted by atomic mass is 16.5. The number of hydrogen-bond donors (Lipinski definition) is 0. The molecule has 0 aliphatic carbocycles. The summed E-state index contributed by atoms with van der Waals surface area (Å²) in [5, 5.41) is 0. The lowest BCUT2D eigenvalue weighted by Gasteiger charge is -2.22. The molecule has 0 heterocycles. The quantitative estimate of drug-likeness (QED) is 0.663. The molecule has 1 amide bonds. The molecule has 0 N–H and O–H groups in total. The molecular formula is C16H25NO2. The maximum atomic E-state index is 11.6. The first kappa shape index (κ1) is 15.5. The summed E-state index contributed by atoms with van der Waals surface area (Å²) in [6.07, 6.45) is 4.74. The molecule has 3 nitrogen and oxygen atoms in total. The molecule has 3 heteroatoms. The fraction of sp³-hybridized carbons (Fsp3) is 0.562. The van der Waals surface area contributed by atoms with E-state index in [0.717, 1.165) is 17.9 Å². The molecule has 106 valence electrons. The Kier molecular flexibility index (Phi) is 7.01. The van der Waals surface area contributed by atoms with Gasteiger partial charge in [0.15, 0.2) is 0 Å². The SMILES string of the molecule is CCCCCCOc1ccccc1N(CC)C(C)=O. The molecule has 0 aliphatic rings. The summed E-state index contributed by atoms with van der Waals surface area (Å²) < 4.78 is 5.82. The fourth-order valence-electron chi connectivity index (χ4n) is 2.08. The highest BCUT2D eigenvalue weighted by Crippen LogP contribution is 2.28. The Labute approximate surface area is 116 Å². The zero-order valence-corrected chi connectivity index (χ0v) is 12.3. The Bertz CT molecular complexity index is 390. The monoisotopic (exact) mass is 263 g/mol. The zero-order chi connectivity index (χ0) is 14.1. The van der Waals surface area contributed by atoms with E-state index in [2.05, 4.69) is 6.92 Å². The highest BCUT2D eigenvalue weighted by Gasteiger charge is 2.13. The van der Waals surface area contributed by atoms with Gasteiger partial charge in [0.05, 0.1) is 12.3 Å². The van der Waals surface area contributed by atoms with Gasteiger partial charge in [0.1, 0.15) is 5.75 Å². The molecule has 0 saturated carbocycles. The van der Waals surface area contributed by atoms with E-state index in [1.165, 1.54) is 19.3 Å². The topological polar surface area (TPSA) is 29.5 Å². The number of unbranched alkanes of at least 4 members (excludes halogenated alkanes) is 3. The van der Waals surface area contributed by atoms with Crippen LogP contribution in [0.15, 0.2) is 24.3 Å². The number of ether oxygens (including phenoxy) is 1. The van der Waals surface area contributed by atoms with Gasteiger partial charge in [0, 0.05) is 13.5 Å². The van der Waals surface area contributed by atoms with E-state index in [0.29, 0.717) is 13.2 Å². The molecule has 0 aromatic heterocycles. The molecule has 0 saturated heterocycles. The van der Waals surface area contributed by atoms with Gasteiger partial charge in [0.25, 0.3) is 0 Å². The number of carbonyl (C=O) groups excluding carboxylic acids is 1. The van der Waals surface area contributed by atoms with Gasteiger partial charge >= 0.3 is 0 Å². The van der Waals surface area contributed by atoms with Gasteiger partial charge in [-0.25, -0.2) is 0 Å². The summed E-state index contributed by atoms with van der Waals surface area (Å²) in [4.78, 5) is 13.4. The third kappa shape index (κ3) is 4.93. The van der Waals surface area contributed by atoms with Crippen molar-refractivity contribution < 1.29 is 9.53 Å². The van der Waals surface area contributed by atoms with Crippen LogP contribution in [-0.2, 0) is 4.79 Å². The first-order valence-corrected chi connectivity index (χ1v) is 7.20. The summed E-state index contributed by atoms with van der Waals surface area (Å²) in [6.45, 7) is 7.13. The summed E-state index contributed by atoms with van der Waals surface area (Å²) in [5.41, 5.74) is 0.869. The van der Waals surface area contributed by atoms with E-state index >= 15 is 0 Å². The lowest BCUT2D eigenvalue weighted by atomic mass is 10.2. The Balaban J connectivity index is 2.65. The predicted molar refractivity (Wildman–Crippen MR) is 79.8 cm³/mol. The minimum atomic E-state index is 0.0459. The summed E-state index contributed by atoms with van der Waals surface area (Å²) in [5.74, 6) is 0.848. The van der Waals surface area contributed by atoms with E-state index in [4.69, 9.17) is 4.74 Å². The smallest absolute Gasteiger partial charge is 0.223 e. The van der Waals surface area contributed by atoms with Crippen LogP contribution in [0.5, 0.6) is 5.75 Å². The highest BCUT2D eigenvalue weighted by molar-refractivity contribution is 5.93. The van der Waals surface area contributed by atoms with Crippen LogP contribution >= 0.6 is 0 Å². The molecule has 0 radical (unpaired) electrons. The lowest BCUT2D eigenvalue weighted by Crippen LogP contribution is -2.28. The van der Waals surface area contributed by atoms with Crippen molar-refractivity contribution in [2.24, 2.45) is 0 Å². The van der Waals surface area contributed by atoms with Crippen LogP contribution in [0.1, 0.15) is 46.5 Å². The largest absolute Gasteiger partial charge is 0.491 e. The van der Waals surface area contributed by atoms with Gasteiger partial charge < -0.3 is 9.64 Å².